The van der Waals surface area contributed by atoms with Gasteiger partial charge in [0.05, 0.1) is 5.69 Å². The summed E-state index contributed by atoms with van der Waals surface area (Å²) in [5, 5.41) is 1.90. The Balaban J connectivity index is 2.22. The molecule has 3 nitrogen and oxygen atoms in total. The molecule has 90 valence electrons. The van der Waals surface area contributed by atoms with E-state index < -0.39 is 0 Å². The van der Waals surface area contributed by atoms with E-state index in [4.69, 9.17) is 11.6 Å². The molecule has 0 spiro atoms. The molecule has 1 fully saturated rings. The van der Waals surface area contributed by atoms with Gasteiger partial charge in [-0.3, -0.25) is 0 Å². The van der Waals surface area contributed by atoms with E-state index in [9.17, 15) is 0 Å². The maximum absolute atomic E-state index is 6.30. The first-order valence-corrected chi connectivity index (χ1v) is 6.62. The molecule has 1 aliphatic carbocycles. The number of hydrogen-bond acceptors (Lipinski definition) is 2. The smallest absolute Gasteiger partial charge is 0.145 e. The zero-order valence-electron chi connectivity index (χ0n) is 10.2. The third-order valence-corrected chi connectivity index (χ3v) is 3.56. The predicted octanol–water partition coefficient (Wildman–Crippen LogP) is 3.68. The highest BCUT2D eigenvalue weighted by molar-refractivity contribution is 6.31. The molecular formula is C13H16ClN3. The van der Waals surface area contributed by atoms with Crippen molar-refractivity contribution >= 4 is 22.6 Å². The lowest BCUT2D eigenvalue weighted by Gasteiger charge is -2.06. The Morgan fingerprint density at radius 1 is 1.41 bits per heavy atom. The minimum Gasteiger partial charge on any atom is -0.313 e. The highest BCUT2D eigenvalue weighted by atomic mass is 35.5. The molecule has 0 N–H and O–H groups in total. The second-order valence-electron chi connectivity index (χ2n) is 4.78. The van der Waals surface area contributed by atoms with Gasteiger partial charge in [-0.2, -0.15) is 0 Å². The van der Waals surface area contributed by atoms with Crippen LogP contribution in [-0.2, 0) is 6.42 Å². The van der Waals surface area contributed by atoms with Gasteiger partial charge in [0, 0.05) is 17.8 Å². The van der Waals surface area contributed by atoms with Crippen LogP contribution >= 0.6 is 11.6 Å². The summed E-state index contributed by atoms with van der Waals surface area (Å²) in [6.45, 7) is 4.19. The van der Waals surface area contributed by atoms with Crippen molar-refractivity contribution in [1.29, 1.82) is 0 Å². The zero-order chi connectivity index (χ0) is 12.0. The molecule has 0 saturated heterocycles. The van der Waals surface area contributed by atoms with E-state index in [0.29, 0.717) is 6.04 Å². The molecule has 2 aromatic heterocycles. The van der Waals surface area contributed by atoms with Crippen molar-refractivity contribution in [3.8, 4) is 0 Å². The molecule has 0 unspecified atom stereocenters. The van der Waals surface area contributed by atoms with Gasteiger partial charge >= 0.3 is 0 Å². The van der Waals surface area contributed by atoms with Crippen LogP contribution in [0.3, 0.4) is 0 Å². The Hall–Kier alpha value is -1.09. The van der Waals surface area contributed by atoms with Gasteiger partial charge in [0.15, 0.2) is 0 Å². The summed E-state index contributed by atoms with van der Waals surface area (Å²) in [5.41, 5.74) is 2.06. The van der Waals surface area contributed by atoms with Gasteiger partial charge in [0.25, 0.3) is 0 Å². The van der Waals surface area contributed by atoms with Crippen LogP contribution in [-0.4, -0.2) is 14.5 Å². The van der Waals surface area contributed by atoms with E-state index in [-0.39, 0.29) is 0 Å². The predicted molar refractivity (Wildman–Crippen MR) is 69.5 cm³/mol. The first-order chi connectivity index (χ1) is 8.20. The normalized spacial score (nSPS) is 15.7. The Morgan fingerprint density at radius 2 is 2.18 bits per heavy atom. The van der Waals surface area contributed by atoms with Gasteiger partial charge < -0.3 is 4.57 Å². The Labute approximate surface area is 106 Å². The van der Waals surface area contributed by atoms with Gasteiger partial charge in [-0.05, 0) is 32.3 Å². The minimum atomic E-state index is 0.559. The monoisotopic (exact) mass is 249 g/mol. The van der Waals surface area contributed by atoms with Crippen molar-refractivity contribution in [1.82, 2.24) is 14.5 Å². The van der Waals surface area contributed by atoms with Crippen LogP contribution in [0.2, 0.25) is 5.15 Å². The number of rotatable bonds is 3. The van der Waals surface area contributed by atoms with E-state index in [1.165, 1.54) is 12.8 Å². The van der Waals surface area contributed by atoms with E-state index >= 15 is 0 Å². The minimum absolute atomic E-state index is 0.559. The zero-order valence-corrected chi connectivity index (χ0v) is 11.0. The fourth-order valence-corrected chi connectivity index (χ4v) is 2.61. The fourth-order valence-electron chi connectivity index (χ4n) is 2.28. The Kier molecular flexibility index (Phi) is 2.58. The van der Waals surface area contributed by atoms with Crippen molar-refractivity contribution in [3.05, 3.63) is 22.7 Å². The number of aryl methyl sites for hydroxylation is 2. The molecule has 2 aromatic rings. The standard InChI is InChI=1S/C13H16ClN3/c1-3-4-12-15-8(2)10-7-11(14)17(9-5-6-9)13(10)16-12/h7,9H,3-6H2,1-2H3. The number of nitrogens with zero attached hydrogens (tertiary/aromatic N) is 3. The summed E-state index contributed by atoms with van der Waals surface area (Å²) in [6, 6.07) is 2.56. The second kappa shape index (κ2) is 3.98. The van der Waals surface area contributed by atoms with Gasteiger partial charge in [0.1, 0.15) is 16.6 Å². The second-order valence-corrected chi connectivity index (χ2v) is 5.17. The molecule has 1 saturated carbocycles. The molecule has 2 heterocycles. The number of aromatic nitrogens is 3. The van der Waals surface area contributed by atoms with Crippen LogP contribution in [0.5, 0.6) is 0 Å². The maximum Gasteiger partial charge on any atom is 0.145 e. The van der Waals surface area contributed by atoms with Gasteiger partial charge in [-0.15, -0.1) is 0 Å². The SMILES string of the molecule is CCCc1nc(C)c2cc(Cl)n(C3CC3)c2n1. The largest absolute Gasteiger partial charge is 0.313 e. The third kappa shape index (κ3) is 1.82. The van der Waals surface area contributed by atoms with Crippen LogP contribution in [0.1, 0.15) is 43.7 Å². The fraction of sp³-hybridized carbons (Fsp3) is 0.538. The third-order valence-electron chi connectivity index (χ3n) is 3.27. The molecule has 0 radical (unpaired) electrons. The summed E-state index contributed by atoms with van der Waals surface area (Å²) >= 11 is 6.30. The molecule has 0 bridgehead atoms. The van der Waals surface area contributed by atoms with Crippen LogP contribution in [0.4, 0.5) is 0 Å². The van der Waals surface area contributed by atoms with Crippen molar-refractivity contribution < 1.29 is 0 Å². The van der Waals surface area contributed by atoms with Crippen LogP contribution < -0.4 is 0 Å². The molecule has 0 atom stereocenters. The van der Waals surface area contributed by atoms with Crippen molar-refractivity contribution in [3.63, 3.8) is 0 Å². The average molecular weight is 250 g/mol. The van der Waals surface area contributed by atoms with Crippen molar-refractivity contribution in [2.45, 2.75) is 45.6 Å². The molecular weight excluding hydrogens is 234 g/mol. The van der Waals surface area contributed by atoms with Gasteiger partial charge in [0.2, 0.25) is 0 Å². The first kappa shape index (κ1) is 11.0. The highest BCUT2D eigenvalue weighted by Crippen LogP contribution is 2.40. The van der Waals surface area contributed by atoms with Crippen molar-refractivity contribution in [2.24, 2.45) is 0 Å². The van der Waals surface area contributed by atoms with E-state index in [0.717, 1.165) is 40.5 Å². The van der Waals surface area contributed by atoms with Gasteiger partial charge in [-0.25, -0.2) is 9.97 Å². The lowest BCUT2D eigenvalue weighted by atomic mass is 10.2. The van der Waals surface area contributed by atoms with Gasteiger partial charge in [-0.1, -0.05) is 18.5 Å². The molecule has 0 amide bonds. The molecule has 1 aliphatic rings. The Bertz CT molecular complexity index is 570. The average Bonchev–Trinajstić information content (AvgIpc) is 3.04. The van der Waals surface area contributed by atoms with E-state index in [2.05, 4.69) is 21.5 Å². The van der Waals surface area contributed by atoms with E-state index in [1.54, 1.807) is 0 Å². The van der Waals surface area contributed by atoms with Crippen LogP contribution in [0.25, 0.3) is 11.0 Å². The quantitative estimate of drug-likeness (QED) is 0.831. The topological polar surface area (TPSA) is 30.7 Å². The van der Waals surface area contributed by atoms with Crippen molar-refractivity contribution in [2.75, 3.05) is 0 Å². The summed E-state index contributed by atoms with van der Waals surface area (Å²) in [6.07, 6.45) is 4.44. The summed E-state index contributed by atoms with van der Waals surface area (Å²) in [4.78, 5) is 9.22. The summed E-state index contributed by atoms with van der Waals surface area (Å²) < 4.78 is 2.17. The van der Waals surface area contributed by atoms with E-state index in [1.807, 2.05) is 13.0 Å². The first-order valence-electron chi connectivity index (χ1n) is 6.24. The van der Waals surface area contributed by atoms with Crippen LogP contribution in [0.15, 0.2) is 6.07 Å². The molecule has 0 aliphatic heterocycles. The lowest BCUT2D eigenvalue weighted by Crippen LogP contribution is -2.01. The molecule has 0 aromatic carbocycles. The molecule has 3 rings (SSSR count). The number of halogens is 1. The maximum atomic E-state index is 6.30. The summed E-state index contributed by atoms with van der Waals surface area (Å²) in [5.74, 6) is 0.939. The lowest BCUT2D eigenvalue weighted by molar-refractivity contribution is 0.755. The highest BCUT2D eigenvalue weighted by Gasteiger charge is 2.28. The summed E-state index contributed by atoms with van der Waals surface area (Å²) in [7, 11) is 0. The number of fused-ring (bicyclic) bond motifs is 1. The molecule has 17 heavy (non-hydrogen) atoms. The number of hydrogen-bond donors (Lipinski definition) is 0. The Morgan fingerprint density at radius 3 is 2.82 bits per heavy atom. The molecule has 4 heteroatoms. The van der Waals surface area contributed by atoms with Crippen LogP contribution in [0, 0.1) is 6.92 Å².